The number of amides is 1. The van der Waals surface area contributed by atoms with Crippen LogP contribution < -0.4 is 5.32 Å². The lowest BCUT2D eigenvalue weighted by Gasteiger charge is -2.41. The molecule has 0 aromatic heterocycles. The molecule has 2 rings (SSSR count). The molecular weight excluding hydrogens is 226 g/mol. The molecule has 2 N–H and O–H groups in total. The van der Waals surface area contributed by atoms with Crippen LogP contribution in [-0.4, -0.2) is 23.7 Å². The van der Waals surface area contributed by atoms with E-state index in [1.165, 1.54) is 5.56 Å². The highest BCUT2D eigenvalue weighted by Gasteiger charge is 2.45. The van der Waals surface area contributed by atoms with E-state index in [0.717, 1.165) is 24.8 Å². The fourth-order valence-corrected chi connectivity index (χ4v) is 2.53. The van der Waals surface area contributed by atoms with E-state index < -0.39 is 0 Å². The predicted molar refractivity (Wildman–Crippen MR) is 71.4 cm³/mol. The van der Waals surface area contributed by atoms with Crippen molar-refractivity contribution in [2.75, 3.05) is 6.61 Å². The zero-order valence-corrected chi connectivity index (χ0v) is 11.1. The van der Waals surface area contributed by atoms with Gasteiger partial charge in [-0.15, -0.1) is 0 Å². The molecule has 0 bridgehead atoms. The molecule has 1 atom stereocenters. The molecule has 3 nitrogen and oxygen atoms in total. The number of hydrogen-bond donors (Lipinski definition) is 2. The maximum atomic E-state index is 12.4. The van der Waals surface area contributed by atoms with Crippen molar-refractivity contribution in [2.45, 2.75) is 44.6 Å². The lowest BCUT2D eigenvalue weighted by molar-refractivity contribution is -0.130. The Balaban J connectivity index is 2.23. The summed E-state index contributed by atoms with van der Waals surface area (Å²) in [5, 5.41) is 11.9. The molecule has 1 amide bonds. The average Bonchev–Trinajstić information content (AvgIpc) is 2.27. The van der Waals surface area contributed by atoms with Gasteiger partial charge in [0.25, 0.3) is 0 Å². The highest BCUT2D eigenvalue weighted by molar-refractivity contribution is 5.89. The number of aliphatic hydroxyl groups is 1. The lowest BCUT2D eigenvalue weighted by atomic mass is 9.63. The highest BCUT2D eigenvalue weighted by Crippen LogP contribution is 2.44. The van der Waals surface area contributed by atoms with Crippen LogP contribution in [0.1, 0.15) is 37.3 Å². The Morgan fingerprint density at radius 3 is 2.72 bits per heavy atom. The summed E-state index contributed by atoms with van der Waals surface area (Å²) in [6.45, 7) is 3.85. The summed E-state index contributed by atoms with van der Waals surface area (Å²) < 4.78 is 0. The molecule has 0 aliphatic heterocycles. The third-order valence-corrected chi connectivity index (χ3v) is 3.86. The van der Waals surface area contributed by atoms with Crippen molar-refractivity contribution >= 4 is 5.91 Å². The van der Waals surface area contributed by atoms with Crippen molar-refractivity contribution in [1.82, 2.24) is 5.32 Å². The Bertz CT molecular complexity index is 438. The number of rotatable bonds is 4. The van der Waals surface area contributed by atoms with Crippen molar-refractivity contribution in [3.8, 4) is 0 Å². The summed E-state index contributed by atoms with van der Waals surface area (Å²) in [5.41, 5.74) is 1.92. The van der Waals surface area contributed by atoms with Crippen LogP contribution in [0.15, 0.2) is 24.3 Å². The largest absolute Gasteiger partial charge is 0.394 e. The minimum Gasteiger partial charge on any atom is -0.394 e. The number of benzene rings is 1. The van der Waals surface area contributed by atoms with Gasteiger partial charge in [-0.05, 0) is 32.3 Å². The summed E-state index contributed by atoms with van der Waals surface area (Å²) in [6, 6.07) is 8.01. The van der Waals surface area contributed by atoms with Crippen LogP contribution in [-0.2, 0) is 10.2 Å². The van der Waals surface area contributed by atoms with E-state index in [1.807, 2.05) is 32.0 Å². The molecule has 0 heterocycles. The molecule has 1 saturated carbocycles. The van der Waals surface area contributed by atoms with Gasteiger partial charge in [-0.3, -0.25) is 4.79 Å². The first-order valence-corrected chi connectivity index (χ1v) is 6.57. The van der Waals surface area contributed by atoms with Crippen molar-refractivity contribution in [3.05, 3.63) is 35.4 Å². The number of aryl methyl sites for hydroxylation is 1. The molecule has 3 heteroatoms. The normalized spacial score (nSPS) is 18.8. The lowest BCUT2D eigenvalue weighted by Crippen LogP contribution is -2.52. The van der Waals surface area contributed by atoms with Gasteiger partial charge in [0, 0.05) is 6.04 Å². The van der Waals surface area contributed by atoms with Crippen LogP contribution in [0.5, 0.6) is 0 Å². The third kappa shape index (κ3) is 2.27. The van der Waals surface area contributed by atoms with Crippen LogP contribution in [0, 0.1) is 6.92 Å². The topological polar surface area (TPSA) is 49.3 Å². The van der Waals surface area contributed by atoms with E-state index in [1.54, 1.807) is 0 Å². The van der Waals surface area contributed by atoms with Crippen molar-refractivity contribution in [1.29, 1.82) is 0 Å². The zero-order valence-electron chi connectivity index (χ0n) is 11.1. The molecule has 1 aromatic carbocycles. The van der Waals surface area contributed by atoms with E-state index >= 15 is 0 Å². The molecule has 0 spiro atoms. The number of carbonyl (C=O) groups excluding carboxylic acids is 1. The summed E-state index contributed by atoms with van der Waals surface area (Å²) in [7, 11) is 0. The molecule has 1 aliphatic carbocycles. The van der Waals surface area contributed by atoms with Gasteiger partial charge >= 0.3 is 0 Å². The highest BCUT2D eigenvalue weighted by atomic mass is 16.3. The van der Waals surface area contributed by atoms with Crippen molar-refractivity contribution in [3.63, 3.8) is 0 Å². The molecule has 18 heavy (non-hydrogen) atoms. The fraction of sp³-hybridized carbons (Fsp3) is 0.533. The standard InChI is InChI=1S/C15H21NO2/c1-11-5-3-6-13(9-11)15(7-4-8-15)14(18)16-12(2)10-17/h3,5-6,9,12,17H,4,7-8,10H2,1-2H3,(H,16,18). The molecule has 1 aliphatic rings. The Morgan fingerprint density at radius 1 is 1.50 bits per heavy atom. The second kappa shape index (κ2) is 5.11. The second-order valence-electron chi connectivity index (χ2n) is 5.36. The predicted octanol–water partition coefficient (Wildman–Crippen LogP) is 1.91. The monoisotopic (exact) mass is 247 g/mol. The minimum absolute atomic E-state index is 0.0182. The quantitative estimate of drug-likeness (QED) is 0.854. The molecular formula is C15H21NO2. The second-order valence-corrected chi connectivity index (χ2v) is 5.36. The minimum atomic E-state index is -0.366. The SMILES string of the molecule is Cc1cccc(C2(C(=O)NC(C)CO)CCC2)c1. The van der Waals surface area contributed by atoms with Crippen LogP contribution in [0.4, 0.5) is 0 Å². The Labute approximate surface area is 108 Å². The van der Waals surface area contributed by atoms with E-state index in [9.17, 15) is 4.79 Å². The first-order valence-electron chi connectivity index (χ1n) is 6.57. The fourth-order valence-electron chi connectivity index (χ4n) is 2.53. The zero-order chi connectivity index (χ0) is 13.2. The first-order chi connectivity index (χ1) is 8.58. The molecule has 1 aromatic rings. The third-order valence-electron chi connectivity index (χ3n) is 3.86. The van der Waals surface area contributed by atoms with Gasteiger partial charge in [-0.2, -0.15) is 0 Å². The average molecular weight is 247 g/mol. The number of hydrogen-bond acceptors (Lipinski definition) is 2. The Kier molecular flexibility index (Phi) is 3.71. The van der Waals surface area contributed by atoms with Crippen molar-refractivity contribution in [2.24, 2.45) is 0 Å². The van der Waals surface area contributed by atoms with Crippen LogP contribution in [0.3, 0.4) is 0 Å². The molecule has 0 saturated heterocycles. The van der Waals surface area contributed by atoms with E-state index in [0.29, 0.717) is 0 Å². The van der Waals surface area contributed by atoms with Gasteiger partial charge in [-0.1, -0.05) is 36.2 Å². The summed E-state index contributed by atoms with van der Waals surface area (Å²) in [4.78, 5) is 12.4. The van der Waals surface area contributed by atoms with Gasteiger partial charge in [0.05, 0.1) is 12.0 Å². The van der Waals surface area contributed by atoms with Crippen molar-refractivity contribution < 1.29 is 9.90 Å². The van der Waals surface area contributed by atoms with E-state index in [2.05, 4.69) is 11.4 Å². The summed E-state index contributed by atoms with van der Waals surface area (Å²) in [5.74, 6) is 0.0564. The molecule has 1 fully saturated rings. The number of nitrogens with one attached hydrogen (secondary N) is 1. The van der Waals surface area contributed by atoms with Crippen LogP contribution in [0.2, 0.25) is 0 Å². The Morgan fingerprint density at radius 2 is 2.22 bits per heavy atom. The first kappa shape index (κ1) is 13.1. The smallest absolute Gasteiger partial charge is 0.230 e. The summed E-state index contributed by atoms with van der Waals surface area (Å²) in [6.07, 6.45) is 2.90. The summed E-state index contributed by atoms with van der Waals surface area (Å²) >= 11 is 0. The van der Waals surface area contributed by atoms with Crippen LogP contribution >= 0.6 is 0 Å². The molecule has 1 unspecified atom stereocenters. The van der Waals surface area contributed by atoms with Gasteiger partial charge in [0.2, 0.25) is 5.91 Å². The maximum Gasteiger partial charge on any atom is 0.230 e. The number of carbonyl (C=O) groups is 1. The van der Waals surface area contributed by atoms with E-state index in [4.69, 9.17) is 5.11 Å². The van der Waals surface area contributed by atoms with Gasteiger partial charge in [0.15, 0.2) is 0 Å². The van der Waals surface area contributed by atoms with Crippen LogP contribution in [0.25, 0.3) is 0 Å². The number of aliphatic hydroxyl groups excluding tert-OH is 1. The molecule has 98 valence electrons. The Hall–Kier alpha value is -1.35. The van der Waals surface area contributed by atoms with Gasteiger partial charge < -0.3 is 10.4 Å². The van der Waals surface area contributed by atoms with Gasteiger partial charge in [0.1, 0.15) is 0 Å². The van der Waals surface area contributed by atoms with Gasteiger partial charge in [-0.25, -0.2) is 0 Å². The molecule has 0 radical (unpaired) electrons. The maximum absolute atomic E-state index is 12.4. The van der Waals surface area contributed by atoms with E-state index in [-0.39, 0.29) is 24.0 Å².